The maximum absolute atomic E-state index is 15.4. The van der Waals surface area contributed by atoms with Crippen LogP contribution in [0.15, 0.2) is 46.4 Å². The summed E-state index contributed by atoms with van der Waals surface area (Å²) in [6.07, 6.45) is 5.50. The van der Waals surface area contributed by atoms with Gasteiger partial charge in [0.05, 0.1) is 12.6 Å². The SMILES string of the molecule is COc1ccc2nccc([C@H](F)CC[C@@H]3CCN(CCCSc4nccs4)C[C@@H]3CC(=O)O)c2c1. The molecule has 2 aromatic heterocycles. The van der Waals surface area contributed by atoms with Gasteiger partial charge in [-0.15, -0.1) is 11.3 Å². The van der Waals surface area contributed by atoms with Crippen molar-refractivity contribution >= 4 is 40.0 Å². The number of halogens is 1. The molecule has 0 amide bonds. The van der Waals surface area contributed by atoms with Crippen molar-refractivity contribution < 1.29 is 19.0 Å². The molecular weight excluding hydrogens is 485 g/mol. The van der Waals surface area contributed by atoms with Gasteiger partial charge in [0, 0.05) is 41.9 Å². The van der Waals surface area contributed by atoms with E-state index in [1.807, 2.05) is 29.8 Å². The summed E-state index contributed by atoms with van der Waals surface area (Å²) in [6.45, 7) is 2.66. The lowest BCUT2D eigenvalue weighted by atomic mass is 9.79. The van der Waals surface area contributed by atoms with Crippen LogP contribution in [0.4, 0.5) is 4.39 Å². The maximum Gasteiger partial charge on any atom is 0.303 e. The molecule has 0 radical (unpaired) electrons. The Bertz CT molecular complexity index is 1100. The number of thioether (sulfide) groups is 1. The number of methoxy groups -OCH3 is 1. The zero-order valence-electron chi connectivity index (χ0n) is 19.9. The van der Waals surface area contributed by atoms with E-state index in [0.29, 0.717) is 24.2 Å². The number of rotatable bonds is 12. The lowest BCUT2D eigenvalue weighted by Gasteiger charge is -2.38. The number of hydrogen-bond donors (Lipinski definition) is 1. The van der Waals surface area contributed by atoms with Crippen molar-refractivity contribution in [2.45, 2.75) is 42.6 Å². The van der Waals surface area contributed by atoms with Crippen molar-refractivity contribution in [3.8, 4) is 5.75 Å². The fourth-order valence-corrected chi connectivity index (χ4v) is 6.62. The lowest BCUT2D eigenvalue weighted by Crippen LogP contribution is -2.42. The van der Waals surface area contributed by atoms with Crippen LogP contribution in [0.3, 0.4) is 0 Å². The van der Waals surface area contributed by atoms with E-state index in [-0.39, 0.29) is 18.3 Å². The van der Waals surface area contributed by atoms with Crippen molar-refractivity contribution in [1.82, 2.24) is 14.9 Å². The van der Waals surface area contributed by atoms with Crippen LogP contribution in [0.5, 0.6) is 5.75 Å². The lowest BCUT2D eigenvalue weighted by molar-refractivity contribution is -0.139. The Hall–Kier alpha value is -2.23. The molecule has 6 nitrogen and oxygen atoms in total. The van der Waals surface area contributed by atoms with E-state index in [0.717, 1.165) is 53.5 Å². The summed E-state index contributed by atoms with van der Waals surface area (Å²) in [4.78, 5) is 22.6. The first-order valence-electron chi connectivity index (χ1n) is 12.1. The van der Waals surface area contributed by atoms with Crippen LogP contribution in [0, 0.1) is 11.8 Å². The quantitative estimate of drug-likeness (QED) is 0.230. The van der Waals surface area contributed by atoms with Crippen LogP contribution in [0.25, 0.3) is 10.9 Å². The minimum atomic E-state index is -1.13. The Morgan fingerprint density at radius 1 is 1.31 bits per heavy atom. The van der Waals surface area contributed by atoms with Gasteiger partial charge in [0.1, 0.15) is 16.3 Å². The van der Waals surface area contributed by atoms with Crippen LogP contribution in [-0.2, 0) is 4.79 Å². The molecule has 1 aliphatic rings. The fourth-order valence-electron chi connectivity index (χ4n) is 4.99. The van der Waals surface area contributed by atoms with Crippen molar-refractivity contribution in [3.63, 3.8) is 0 Å². The van der Waals surface area contributed by atoms with Crippen molar-refractivity contribution in [2.24, 2.45) is 11.8 Å². The Morgan fingerprint density at radius 2 is 2.20 bits per heavy atom. The highest BCUT2D eigenvalue weighted by Crippen LogP contribution is 2.36. The summed E-state index contributed by atoms with van der Waals surface area (Å²) < 4.78 is 21.8. The number of hydrogen-bond acceptors (Lipinski definition) is 7. The first kappa shape index (κ1) is 25.9. The number of aromatic nitrogens is 2. The number of aliphatic carboxylic acids is 1. The van der Waals surface area contributed by atoms with E-state index in [9.17, 15) is 9.90 Å². The molecule has 188 valence electrons. The van der Waals surface area contributed by atoms with Gasteiger partial charge in [-0.1, -0.05) is 11.8 Å². The second kappa shape index (κ2) is 12.6. The number of carbonyl (C=O) groups is 1. The molecule has 1 N–H and O–H groups in total. The average Bonchev–Trinajstić information content (AvgIpc) is 3.38. The predicted octanol–water partition coefficient (Wildman–Crippen LogP) is 6.09. The van der Waals surface area contributed by atoms with Crippen LogP contribution in [0.1, 0.15) is 43.8 Å². The average molecular weight is 518 g/mol. The number of benzene rings is 1. The molecule has 3 aromatic rings. The largest absolute Gasteiger partial charge is 0.497 e. The first-order chi connectivity index (χ1) is 17.0. The number of pyridine rings is 1. The molecule has 1 saturated heterocycles. The Morgan fingerprint density at radius 3 is 2.97 bits per heavy atom. The number of likely N-dealkylation sites (tertiary alicyclic amines) is 1. The van der Waals surface area contributed by atoms with Crippen molar-refractivity contribution in [1.29, 1.82) is 0 Å². The van der Waals surface area contributed by atoms with Gasteiger partial charge in [-0.3, -0.25) is 9.78 Å². The van der Waals surface area contributed by atoms with Crippen LogP contribution < -0.4 is 4.74 Å². The molecule has 0 aliphatic carbocycles. The highest BCUT2D eigenvalue weighted by molar-refractivity contribution is 8.00. The van der Waals surface area contributed by atoms with Gasteiger partial charge in [-0.25, -0.2) is 9.37 Å². The molecule has 3 heterocycles. The van der Waals surface area contributed by atoms with Gasteiger partial charge in [-0.05, 0) is 80.4 Å². The maximum atomic E-state index is 15.4. The van der Waals surface area contributed by atoms with E-state index < -0.39 is 12.1 Å². The molecule has 0 bridgehead atoms. The minimum absolute atomic E-state index is 0.0503. The summed E-state index contributed by atoms with van der Waals surface area (Å²) >= 11 is 3.43. The molecule has 3 atom stereocenters. The molecule has 4 rings (SSSR count). The standard InChI is InChI=1S/C26H32FN3O3S2/c1-33-20-4-6-24-22(16-20)21(7-9-28-24)23(27)5-3-18-8-12-30(17-19(18)15-25(31)32)11-2-13-34-26-29-10-14-35-26/h4,6-7,9-10,14,16,18-19,23H,2-3,5,8,11-13,15,17H2,1H3,(H,31,32)/t18-,19+,23-/m1/s1. The highest BCUT2D eigenvalue weighted by Gasteiger charge is 2.31. The van der Waals surface area contributed by atoms with Gasteiger partial charge in [0.25, 0.3) is 0 Å². The zero-order valence-corrected chi connectivity index (χ0v) is 21.6. The Kier molecular flexibility index (Phi) is 9.34. The van der Waals surface area contributed by atoms with Gasteiger partial charge >= 0.3 is 5.97 Å². The number of ether oxygens (including phenoxy) is 1. The van der Waals surface area contributed by atoms with Gasteiger partial charge in [-0.2, -0.15) is 0 Å². The molecule has 9 heteroatoms. The number of nitrogens with zero attached hydrogens (tertiary/aromatic N) is 3. The third kappa shape index (κ3) is 7.15. The zero-order chi connectivity index (χ0) is 24.6. The summed E-state index contributed by atoms with van der Waals surface area (Å²) in [6, 6.07) is 7.25. The molecule has 35 heavy (non-hydrogen) atoms. The number of fused-ring (bicyclic) bond motifs is 1. The summed E-state index contributed by atoms with van der Waals surface area (Å²) in [5.41, 5.74) is 1.37. The Labute approximate surface area is 213 Å². The van der Waals surface area contributed by atoms with E-state index >= 15 is 4.39 Å². The van der Waals surface area contributed by atoms with E-state index in [4.69, 9.17) is 4.74 Å². The van der Waals surface area contributed by atoms with Crippen LogP contribution in [0.2, 0.25) is 0 Å². The minimum Gasteiger partial charge on any atom is -0.497 e. The van der Waals surface area contributed by atoms with Crippen molar-refractivity contribution in [3.05, 3.63) is 47.6 Å². The smallest absolute Gasteiger partial charge is 0.303 e. The predicted molar refractivity (Wildman–Crippen MR) is 139 cm³/mol. The number of carboxylic acids is 1. The molecule has 0 spiro atoms. The molecule has 1 aliphatic heterocycles. The van der Waals surface area contributed by atoms with Crippen molar-refractivity contribution in [2.75, 3.05) is 32.5 Å². The van der Waals surface area contributed by atoms with Gasteiger partial charge < -0.3 is 14.7 Å². The summed E-state index contributed by atoms with van der Waals surface area (Å²) in [5, 5.41) is 12.2. The Balaban J connectivity index is 1.32. The molecule has 0 unspecified atom stereocenters. The van der Waals surface area contributed by atoms with Gasteiger partial charge in [0.2, 0.25) is 0 Å². The summed E-state index contributed by atoms with van der Waals surface area (Å²) in [7, 11) is 1.60. The second-order valence-electron chi connectivity index (χ2n) is 9.04. The number of thiazole rings is 1. The number of piperidine rings is 1. The number of carboxylic acid groups (broad SMARTS) is 1. The molecule has 1 aromatic carbocycles. The highest BCUT2D eigenvalue weighted by atomic mass is 32.2. The second-order valence-corrected chi connectivity index (χ2v) is 11.3. The van der Waals surface area contributed by atoms with Gasteiger partial charge in [0.15, 0.2) is 0 Å². The van der Waals surface area contributed by atoms with E-state index in [2.05, 4.69) is 14.9 Å². The summed E-state index contributed by atoms with van der Waals surface area (Å²) in [5.74, 6) is 1.18. The normalized spacial score (nSPS) is 19.6. The molecule has 1 fully saturated rings. The third-order valence-corrected chi connectivity index (χ3v) is 8.83. The van der Waals surface area contributed by atoms with E-state index in [1.165, 1.54) is 0 Å². The molecular formula is C26H32FN3O3S2. The number of alkyl halides is 1. The fraction of sp³-hybridized carbons (Fsp3) is 0.500. The third-order valence-electron chi connectivity index (χ3n) is 6.78. The molecule has 0 saturated carbocycles. The monoisotopic (exact) mass is 517 g/mol. The van der Waals surface area contributed by atoms with Crippen LogP contribution >= 0.6 is 23.1 Å². The van der Waals surface area contributed by atoms with Crippen LogP contribution in [-0.4, -0.2) is 58.4 Å². The topological polar surface area (TPSA) is 75.5 Å². The first-order valence-corrected chi connectivity index (χ1v) is 13.9. The van der Waals surface area contributed by atoms with E-state index in [1.54, 1.807) is 42.5 Å².